The monoisotopic (exact) mass is 224 g/mol. The van der Waals surface area contributed by atoms with Crippen molar-refractivity contribution in [3.63, 3.8) is 0 Å². The van der Waals surface area contributed by atoms with Gasteiger partial charge >= 0.3 is 0 Å². The second kappa shape index (κ2) is 4.66. The Bertz CT molecular complexity index is 223. The van der Waals surface area contributed by atoms with E-state index in [4.69, 9.17) is 0 Å². The molecule has 2 fully saturated rings. The predicted molar refractivity (Wildman–Crippen MR) is 69.6 cm³/mol. The molecule has 0 radical (unpaired) electrons. The minimum absolute atomic E-state index is 0.547. The van der Waals surface area contributed by atoms with Gasteiger partial charge in [-0.1, -0.05) is 27.2 Å². The Labute approximate surface area is 101 Å². The van der Waals surface area contributed by atoms with Gasteiger partial charge in [0, 0.05) is 19.1 Å². The molecule has 0 aromatic heterocycles. The van der Waals surface area contributed by atoms with Crippen LogP contribution in [0.3, 0.4) is 0 Å². The van der Waals surface area contributed by atoms with E-state index < -0.39 is 0 Å². The van der Waals surface area contributed by atoms with E-state index in [9.17, 15) is 0 Å². The summed E-state index contributed by atoms with van der Waals surface area (Å²) in [6, 6.07) is 0.781. The summed E-state index contributed by atoms with van der Waals surface area (Å²) in [7, 11) is 0. The SMILES string of the molecule is CCCC1(CNC2CC2(C)C)CCCNC1. The van der Waals surface area contributed by atoms with Crippen molar-refractivity contribution >= 4 is 0 Å². The summed E-state index contributed by atoms with van der Waals surface area (Å²) in [5.74, 6) is 0. The second-order valence-electron chi connectivity index (χ2n) is 6.66. The Morgan fingerprint density at radius 2 is 2.12 bits per heavy atom. The number of hydrogen-bond donors (Lipinski definition) is 2. The predicted octanol–water partition coefficient (Wildman–Crippen LogP) is 2.54. The average molecular weight is 224 g/mol. The highest BCUT2D eigenvalue weighted by Crippen LogP contribution is 2.45. The quantitative estimate of drug-likeness (QED) is 0.750. The fraction of sp³-hybridized carbons (Fsp3) is 1.00. The lowest BCUT2D eigenvalue weighted by Crippen LogP contribution is -2.47. The van der Waals surface area contributed by atoms with Gasteiger partial charge in [0.15, 0.2) is 0 Å². The maximum absolute atomic E-state index is 3.80. The van der Waals surface area contributed by atoms with Crippen LogP contribution in [0.4, 0.5) is 0 Å². The summed E-state index contributed by atoms with van der Waals surface area (Å²) in [6.45, 7) is 10.7. The van der Waals surface area contributed by atoms with Crippen LogP contribution in [0.2, 0.25) is 0 Å². The zero-order valence-corrected chi connectivity index (χ0v) is 11.2. The van der Waals surface area contributed by atoms with Crippen molar-refractivity contribution < 1.29 is 0 Å². The van der Waals surface area contributed by atoms with Gasteiger partial charge in [0.05, 0.1) is 0 Å². The summed E-state index contributed by atoms with van der Waals surface area (Å²) in [5.41, 5.74) is 1.11. The van der Waals surface area contributed by atoms with Crippen molar-refractivity contribution in [3.05, 3.63) is 0 Å². The van der Waals surface area contributed by atoms with Crippen LogP contribution >= 0.6 is 0 Å². The molecular weight excluding hydrogens is 196 g/mol. The van der Waals surface area contributed by atoms with Crippen molar-refractivity contribution in [1.29, 1.82) is 0 Å². The van der Waals surface area contributed by atoms with Gasteiger partial charge in [-0.2, -0.15) is 0 Å². The topological polar surface area (TPSA) is 24.1 Å². The first-order valence-corrected chi connectivity index (χ1v) is 7.02. The zero-order chi connectivity index (χ0) is 11.6. The molecule has 2 N–H and O–H groups in total. The highest BCUT2D eigenvalue weighted by atomic mass is 15.0. The third-order valence-electron chi connectivity index (χ3n) is 4.58. The summed E-state index contributed by atoms with van der Waals surface area (Å²) < 4.78 is 0. The maximum atomic E-state index is 3.80. The number of rotatable bonds is 5. The van der Waals surface area contributed by atoms with E-state index in [2.05, 4.69) is 31.4 Å². The van der Waals surface area contributed by atoms with Gasteiger partial charge in [0.25, 0.3) is 0 Å². The lowest BCUT2D eigenvalue weighted by molar-refractivity contribution is 0.180. The van der Waals surface area contributed by atoms with E-state index in [1.54, 1.807) is 0 Å². The van der Waals surface area contributed by atoms with Crippen LogP contribution in [-0.4, -0.2) is 25.7 Å². The molecular formula is C14H28N2. The molecule has 2 atom stereocenters. The molecule has 1 heterocycles. The first-order valence-electron chi connectivity index (χ1n) is 7.02. The lowest BCUT2D eigenvalue weighted by atomic mass is 9.77. The minimum Gasteiger partial charge on any atom is -0.316 e. The molecule has 1 aliphatic heterocycles. The van der Waals surface area contributed by atoms with Crippen LogP contribution < -0.4 is 10.6 Å². The van der Waals surface area contributed by atoms with Gasteiger partial charge < -0.3 is 10.6 Å². The summed E-state index contributed by atoms with van der Waals surface area (Å²) in [4.78, 5) is 0. The molecule has 0 spiro atoms. The number of hydrogen-bond acceptors (Lipinski definition) is 2. The molecule has 1 saturated heterocycles. The van der Waals surface area contributed by atoms with Gasteiger partial charge in [-0.05, 0) is 43.1 Å². The minimum atomic E-state index is 0.547. The van der Waals surface area contributed by atoms with Crippen molar-refractivity contribution in [2.75, 3.05) is 19.6 Å². The largest absolute Gasteiger partial charge is 0.316 e. The molecule has 1 saturated carbocycles. The smallest absolute Gasteiger partial charge is 0.0125 e. The van der Waals surface area contributed by atoms with Crippen molar-refractivity contribution in [3.8, 4) is 0 Å². The average Bonchev–Trinajstić information content (AvgIpc) is 2.86. The highest BCUT2D eigenvalue weighted by Gasteiger charge is 2.46. The standard InChI is InChI=1S/C14H28N2/c1-4-6-14(7-5-8-15-10-14)11-16-12-9-13(12,2)3/h12,15-16H,4-11H2,1-3H3. The molecule has 2 rings (SSSR count). The van der Waals surface area contributed by atoms with Gasteiger partial charge in [-0.15, -0.1) is 0 Å². The molecule has 2 heteroatoms. The Balaban J connectivity index is 1.82. The first kappa shape index (κ1) is 12.4. The molecule has 2 nitrogen and oxygen atoms in total. The van der Waals surface area contributed by atoms with Crippen LogP contribution in [0.15, 0.2) is 0 Å². The van der Waals surface area contributed by atoms with E-state index in [0.717, 1.165) is 6.04 Å². The molecule has 0 bridgehead atoms. The van der Waals surface area contributed by atoms with E-state index in [0.29, 0.717) is 10.8 Å². The summed E-state index contributed by atoms with van der Waals surface area (Å²) in [5, 5.41) is 7.39. The van der Waals surface area contributed by atoms with Gasteiger partial charge in [0.1, 0.15) is 0 Å². The third kappa shape index (κ3) is 2.78. The highest BCUT2D eigenvalue weighted by molar-refractivity contribution is 5.02. The molecule has 2 unspecified atom stereocenters. The Morgan fingerprint density at radius 3 is 2.62 bits per heavy atom. The zero-order valence-electron chi connectivity index (χ0n) is 11.2. The molecule has 1 aliphatic carbocycles. The van der Waals surface area contributed by atoms with E-state index >= 15 is 0 Å². The van der Waals surface area contributed by atoms with E-state index in [1.165, 1.54) is 51.7 Å². The van der Waals surface area contributed by atoms with E-state index in [-0.39, 0.29) is 0 Å². The third-order valence-corrected chi connectivity index (χ3v) is 4.58. The molecule has 0 aromatic carbocycles. The number of piperidine rings is 1. The molecule has 94 valence electrons. The Hall–Kier alpha value is -0.0800. The van der Waals surface area contributed by atoms with Crippen LogP contribution in [-0.2, 0) is 0 Å². The van der Waals surface area contributed by atoms with Crippen LogP contribution in [0.1, 0.15) is 52.9 Å². The Morgan fingerprint density at radius 1 is 1.38 bits per heavy atom. The fourth-order valence-corrected chi connectivity index (χ4v) is 3.17. The van der Waals surface area contributed by atoms with Crippen molar-refractivity contribution in [2.45, 2.75) is 58.9 Å². The van der Waals surface area contributed by atoms with Crippen LogP contribution in [0.25, 0.3) is 0 Å². The lowest BCUT2D eigenvalue weighted by Gasteiger charge is -2.38. The Kier molecular flexibility index (Phi) is 3.60. The van der Waals surface area contributed by atoms with Crippen molar-refractivity contribution in [1.82, 2.24) is 10.6 Å². The second-order valence-corrected chi connectivity index (χ2v) is 6.66. The van der Waals surface area contributed by atoms with Crippen LogP contribution in [0, 0.1) is 10.8 Å². The summed E-state index contributed by atoms with van der Waals surface area (Å²) in [6.07, 6.45) is 6.82. The summed E-state index contributed by atoms with van der Waals surface area (Å²) >= 11 is 0. The van der Waals surface area contributed by atoms with Crippen molar-refractivity contribution in [2.24, 2.45) is 10.8 Å². The van der Waals surface area contributed by atoms with Gasteiger partial charge in [0.2, 0.25) is 0 Å². The van der Waals surface area contributed by atoms with Crippen LogP contribution in [0.5, 0.6) is 0 Å². The van der Waals surface area contributed by atoms with Gasteiger partial charge in [-0.3, -0.25) is 0 Å². The molecule has 2 aliphatic rings. The van der Waals surface area contributed by atoms with E-state index in [1.807, 2.05) is 0 Å². The molecule has 0 amide bonds. The maximum Gasteiger partial charge on any atom is 0.0125 e. The molecule has 16 heavy (non-hydrogen) atoms. The van der Waals surface area contributed by atoms with Gasteiger partial charge in [-0.25, -0.2) is 0 Å². The first-order chi connectivity index (χ1) is 7.58. The normalized spacial score (nSPS) is 37.3. The molecule has 0 aromatic rings. The fourth-order valence-electron chi connectivity index (χ4n) is 3.17. The number of nitrogens with one attached hydrogen (secondary N) is 2.